The zero-order valence-corrected chi connectivity index (χ0v) is 23.1. The number of rotatable bonds is 12. The molecule has 2 aromatic rings. The third-order valence-electron chi connectivity index (χ3n) is 4.96. The van der Waals surface area contributed by atoms with Gasteiger partial charge in [0.05, 0.1) is 18.8 Å². The van der Waals surface area contributed by atoms with E-state index < -0.39 is 65.7 Å². The largest absolute Gasteiger partial charge is 0.490 e. The Morgan fingerprint density at radius 1 is 1.20 bits per heavy atom. The highest BCUT2D eigenvalue weighted by atomic mass is 31.3. The van der Waals surface area contributed by atoms with Gasteiger partial charge in [-0.2, -0.15) is 8.62 Å². The number of azide groups is 1. The molecule has 1 fully saturated rings. The van der Waals surface area contributed by atoms with E-state index in [0.29, 0.717) is 0 Å². The molecule has 0 bridgehead atoms. The number of aromatic nitrogens is 4. The van der Waals surface area contributed by atoms with Gasteiger partial charge in [0.2, 0.25) is 0 Å². The van der Waals surface area contributed by atoms with Crippen molar-refractivity contribution in [2.45, 2.75) is 38.3 Å². The van der Waals surface area contributed by atoms with Crippen LogP contribution in [0.5, 0.6) is 0 Å². The van der Waals surface area contributed by atoms with E-state index >= 15 is 0 Å². The van der Waals surface area contributed by atoms with E-state index in [2.05, 4.69) is 33.1 Å². The Labute approximate surface area is 227 Å². The number of nitrogens with zero attached hydrogens (tertiary/aromatic N) is 6. The topological polar surface area (TPSA) is 325 Å². The molecule has 224 valence electrons. The van der Waals surface area contributed by atoms with Crippen LogP contribution in [0.1, 0.15) is 34.4 Å². The maximum Gasteiger partial charge on any atom is 0.490 e. The second kappa shape index (κ2) is 12.8. The number of hydrogen-bond acceptors (Lipinski definition) is 14. The van der Waals surface area contributed by atoms with Crippen LogP contribution in [-0.2, 0) is 42.9 Å². The average Bonchev–Trinajstić information content (AvgIpc) is 3.23. The number of carbonyl (C=O) groups excluding carboxylic acids is 1. The second-order valence-corrected chi connectivity index (χ2v) is 12.3. The number of phosphoric ester groups is 1. The minimum Gasteiger partial charge on any atom is -0.455 e. The highest BCUT2D eigenvalue weighted by Gasteiger charge is 2.44. The van der Waals surface area contributed by atoms with Gasteiger partial charge in [-0.15, -0.1) is 0 Å². The van der Waals surface area contributed by atoms with Crippen molar-refractivity contribution < 1.29 is 60.7 Å². The van der Waals surface area contributed by atoms with E-state index in [1.807, 2.05) is 4.98 Å². The van der Waals surface area contributed by atoms with E-state index in [1.54, 1.807) is 0 Å². The van der Waals surface area contributed by atoms with E-state index in [9.17, 15) is 37.9 Å². The summed E-state index contributed by atoms with van der Waals surface area (Å²) >= 11 is 0. The summed E-state index contributed by atoms with van der Waals surface area (Å²) in [5.41, 5.74) is 6.60. The minimum atomic E-state index is -5.82. The van der Waals surface area contributed by atoms with Gasteiger partial charge in [-0.1, -0.05) is 5.11 Å². The molecule has 1 aliphatic heterocycles. The van der Waals surface area contributed by atoms with E-state index in [4.69, 9.17) is 24.8 Å². The highest BCUT2D eigenvalue weighted by molar-refractivity contribution is 7.66. The van der Waals surface area contributed by atoms with Crippen molar-refractivity contribution in [2.24, 2.45) is 5.11 Å². The Balaban J connectivity index is 1.85. The number of ether oxygens (including phenoxy) is 2. The van der Waals surface area contributed by atoms with Crippen LogP contribution < -0.4 is 11.2 Å². The first-order chi connectivity index (χ1) is 19.0. The molecule has 0 spiro atoms. The fraction of sp³-hybridized carbons (Fsp3) is 0.438. The lowest BCUT2D eigenvalue weighted by molar-refractivity contribution is -0.0513. The number of nitrogens with one attached hydrogen (secondary N) is 1. The highest BCUT2D eigenvalue weighted by Crippen LogP contribution is 2.66. The summed E-state index contributed by atoms with van der Waals surface area (Å²) < 4.78 is 58.4. The SMILES string of the molecule is Cc1cn([C@H]2CC(OC(=O)c3nccnc3CN=[N+]=[N-])[C@@H](COP(=O)(O)OP(=O)(O)OP(=O)(O)O)O2)c(=O)[nH]c1=O. The molecule has 0 aromatic carbocycles. The van der Waals surface area contributed by atoms with Gasteiger partial charge in [-0.3, -0.25) is 23.9 Å². The smallest absolute Gasteiger partial charge is 0.455 e. The summed E-state index contributed by atoms with van der Waals surface area (Å²) in [7, 11) is -17.1. The van der Waals surface area contributed by atoms with Crippen molar-refractivity contribution >= 4 is 29.4 Å². The first-order valence-corrected chi connectivity index (χ1v) is 15.3. The van der Waals surface area contributed by atoms with Crippen LogP contribution >= 0.6 is 23.5 Å². The molecular formula is C16H20N7O15P3. The van der Waals surface area contributed by atoms with E-state index in [0.717, 1.165) is 17.0 Å². The molecule has 0 saturated carbocycles. The number of carbonyl (C=O) groups is 1. The predicted molar refractivity (Wildman–Crippen MR) is 128 cm³/mol. The molecule has 0 aliphatic carbocycles. The third kappa shape index (κ3) is 9.20. The Hall–Kier alpha value is -3.09. The van der Waals surface area contributed by atoms with Crippen LogP contribution in [0.25, 0.3) is 10.4 Å². The van der Waals surface area contributed by atoms with Crippen molar-refractivity contribution in [1.82, 2.24) is 19.5 Å². The molecule has 0 radical (unpaired) electrons. The van der Waals surface area contributed by atoms with Crippen LogP contribution in [0, 0.1) is 6.92 Å². The molecule has 41 heavy (non-hydrogen) atoms. The molecule has 5 N–H and O–H groups in total. The molecule has 3 heterocycles. The van der Waals surface area contributed by atoms with E-state index in [-0.39, 0.29) is 29.9 Å². The molecule has 1 saturated heterocycles. The number of phosphoric acid groups is 3. The Bertz CT molecular complexity index is 1620. The standard InChI is InChI=1S/C16H20N7O15P3/c1-8-6-23(16(26)21-14(8)24)12-4-10(36-15(25)13-9(5-20-22-17)18-2-3-19-13)11(35-12)7-34-40(30,31)38-41(32,33)37-39(27,28)29/h2-3,6,10-12H,4-5,7H2,1H3,(H,30,31)(H,32,33)(H,21,24,26)(H2,27,28,29)/t10?,11-,12-/m1/s1. The van der Waals surface area contributed by atoms with Crippen LogP contribution in [-0.4, -0.2) is 63.9 Å². The van der Waals surface area contributed by atoms with Crippen LogP contribution in [0.2, 0.25) is 0 Å². The van der Waals surface area contributed by atoms with Gasteiger partial charge >= 0.3 is 35.1 Å². The molecule has 0 amide bonds. The van der Waals surface area contributed by atoms with Gasteiger partial charge < -0.3 is 29.0 Å². The first-order valence-electron chi connectivity index (χ1n) is 10.8. The second-order valence-electron chi connectivity index (χ2n) is 7.91. The van der Waals surface area contributed by atoms with Gasteiger partial charge in [0, 0.05) is 35.5 Å². The summed E-state index contributed by atoms with van der Waals surface area (Å²) in [5, 5.41) is 3.30. The summed E-state index contributed by atoms with van der Waals surface area (Å²) in [5.74, 6) is -1.12. The van der Waals surface area contributed by atoms with Gasteiger partial charge in [0.15, 0.2) is 5.69 Å². The first kappa shape index (κ1) is 32.4. The van der Waals surface area contributed by atoms with Gasteiger partial charge in [-0.05, 0) is 12.5 Å². The third-order valence-corrected chi connectivity index (χ3v) is 8.77. The zero-order chi connectivity index (χ0) is 30.6. The molecule has 3 rings (SSSR count). The lowest BCUT2D eigenvalue weighted by Crippen LogP contribution is -2.33. The Morgan fingerprint density at radius 2 is 1.88 bits per heavy atom. The van der Waals surface area contributed by atoms with Crippen LogP contribution in [0.4, 0.5) is 0 Å². The van der Waals surface area contributed by atoms with Crippen molar-refractivity contribution in [2.75, 3.05) is 6.61 Å². The minimum absolute atomic E-state index is 0.0666. The monoisotopic (exact) mass is 643 g/mol. The maximum atomic E-state index is 12.9. The predicted octanol–water partition coefficient (Wildman–Crippen LogP) is 0.302. The Kier molecular flexibility index (Phi) is 10.1. The quantitative estimate of drug-likeness (QED) is 0.0682. The van der Waals surface area contributed by atoms with Crippen molar-refractivity contribution in [3.63, 3.8) is 0 Å². The van der Waals surface area contributed by atoms with Gasteiger partial charge in [0.1, 0.15) is 18.4 Å². The number of hydrogen-bond donors (Lipinski definition) is 5. The molecule has 2 aromatic heterocycles. The maximum absolute atomic E-state index is 12.9. The van der Waals surface area contributed by atoms with Gasteiger partial charge in [-0.25, -0.2) is 28.3 Å². The van der Waals surface area contributed by atoms with Crippen molar-refractivity contribution in [1.29, 1.82) is 0 Å². The van der Waals surface area contributed by atoms with Crippen molar-refractivity contribution in [3.8, 4) is 0 Å². The number of H-pyrrole nitrogens is 1. The summed E-state index contributed by atoms with van der Waals surface area (Å²) in [6, 6.07) is 0. The van der Waals surface area contributed by atoms with E-state index in [1.165, 1.54) is 13.1 Å². The lowest BCUT2D eigenvalue weighted by atomic mass is 10.2. The summed E-state index contributed by atoms with van der Waals surface area (Å²) in [6.07, 6.45) is -0.957. The normalized spacial score (nSPS) is 21.8. The molecule has 22 nitrogen and oxygen atoms in total. The molecule has 3 unspecified atom stereocenters. The fourth-order valence-electron chi connectivity index (χ4n) is 3.36. The number of aryl methyl sites for hydroxylation is 1. The lowest BCUT2D eigenvalue weighted by Gasteiger charge is -2.21. The average molecular weight is 643 g/mol. The summed E-state index contributed by atoms with van der Waals surface area (Å²) in [4.78, 5) is 85.7. The Morgan fingerprint density at radius 3 is 2.54 bits per heavy atom. The molecule has 25 heteroatoms. The molecule has 5 atom stereocenters. The fourth-order valence-corrected chi connectivity index (χ4v) is 6.39. The molecule has 1 aliphatic rings. The number of esters is 1. The number of aromatic amines is 1. The van der Waals surface area contributed by atoms with Crippen LogP contribution in [0.3, 0.4) is 0 Å². The summed E-state index contributed by atoms with van der Waals surface area (Å²) in [6.45, 7) is -0.0191. The van der Waals surface area contributed by atoms with Gasteiger partial charge in [0.25, 0.3) is 5.56 Å². The van der Waals surface area contributed by atoms with Crippen molar-refractivity contribution in [3.05, 3.63) is 66.8 Å². The zero-order valence-electron chi connectivity index (χ0n) is 20.4. The van der Waals surface area contributed by atoms with Crippen LogP contribution in [0.15, 0.2) is 33.3 Å². The molecular weight excluding hydrogens is 623 g/mol.